The number of ether oxygens (including phenoxy) is 1. The van der Waals surface area contributed by atoms with Gasteiger partial charge in [0.05, 0.1) is 12.7 Å². The molecule has 0 spiro atoms. The van der Waals surface area contributed by atoms with Crippen molar-refractivity contribution in [3.05, 3.63) is 53.2 Å². The molecule has 2 bridgehead atoms. The number of carbonyl (C=O) groups is 2. The van der Waals surface area contributed by atoms with E-state index in [2.05, 4.69) is 20.5 Å². The van der Waals surface area contributed by atoms with Crippen LogP contribution in [0.15, 0.2) is 36.5 Å². The van der Waals surface area contributed by atoms with Crippen LogP contribution in [0.3, 0.4) is 0 Å². The normalized spacial score (nSPS) is 24.2. The van der Waals surface area contributed by atoms with E-state index < -0.39 is 0 Å². The molecule has 2 N–H and O–H groups in total. The second kappa shape index (κ2) is 8.45. The third-order valence-electron chi connectivity index (χ3n) is 7.00. The van der Waals surface area contributed by atoms with Gasteiger partial charge in [-0.2, -0.15) is 0 Å². The Balaban J connectivity index is 1.24. The highest BCUT2D eigenvalue weighted by atomic mass is 16.5. The van der Waals surface area contributed by atoms with E-state index in [1.165, 1.54) is 0 Å². The standard InChI is InChI=1S/C25H30N4O3/c1-15-21(4-3-5-22(15)32-2)25(31)28-18-12-19-9-10-20(13-18)29(19)23-11-6-16(14-26-23)24(30)27-17-7-8-17/h3-6,11,14,17-20H,7-10,12-13H2,1-2H3,(H,27,30)(H,28,31)/t18-,19+,20-. The minimum absolute atomic E-state index is 0.0382. The minimum Gasteiger partial charge on any atom is -0.496 e. The van der Waals surface area contributed by atoms with E-state index in [9.17, 15) is 9.59 Å². The van der Waals surface area contributed by atoms with Crippen LogP contribution in [-0.2, 0) is 0 Å². The van der Waals surface area contributed by atoms with Crippen molar-refractivity contribution in [2.75, 3.05) is 12.0 Å². The average molecular weight is 435 g/mol. The molecule has 0 radical (unpaired) electrons. The minimum atomic E-state index is -0.0385. The molecule has 0 unspecified atom stereocenters. The van der Waals surface area contributed by atoms with E-state index in [0.29, 0.717) is 29.3 Å². The fourth-order valence-electron chi connectivity index (χ4n) is 5.18. The molecule has 7 heteroatoms. The highest BCUT2D eigenvalue weighted by Crippen LogP contribution is 2.38. The van der Waals surface area contributed by atoms with Crippen molar-refractivity contribution in [2.45, 2.75) is 69.6 Å². The molecule has 1 saturated carbocycles. The maximum absolute atomic E-state index is 12.9. The van der Waals surface area contributed by atoms with Crippen LogP contribution >= 0.6 is 0 Å². The first kappa shape index (κ1) is 20.8. The highest BCUT2D eigenvalue weighted by Gasteiger charge is 2.42. The third-order valence-corrected chi connectivity index (χ3v) is 7.00. The SMILES string of the molecule is COc1cccc(C(=O)N[C@H]2C[C@H]3CC[C@@H](C2)N3c2ccc(C(=O)NC3CC3)cn2)c1C. The number of methoxy groups -OCH3 is 1. The number of benzene rings is 1. The van der Waals surface area contributed by atoms with E-state index in [0.717, 1.165) is 55.7 Å². The van der Waals surface area contributed by atoms with E-state index in [1.807, 2.05) is 37.3 Å². The largest absolute Gasteiger partial charge is 0.496 e. The van der Waals surface area contributed by atoms with E-state index in [1.54, 1.807) is 13.3 Å². The predicted octanol–water partition coefficient (Wildman–Crippen LogP) is 3.22. The number of aromatic nitrogens is 1. The Morgan fingerprint density at radius 1 is 0.969 bits per heavy atom. The molecule has 32 heavy (non-hydrogen) atoms. The van der Waals surface area contributed by atoms with Crippen LogP contribution in [-0.4, -0.2) is 48.1 Å². The van der Waals surface area contributed by atoms with Crippen LogP contribution in [0.5, 0.6) is 5.75 Å². The van der Waals surface area contributed by atoms with Crippen LogP contribution in [0.1, 0.15) is 64.8 Å². The molecule has 5 rings (SSSR count). The maximum atomic E-state index is 12.9. The highest BCUT2D eigenvalue weighted by molar-refractivity contribution is 5.96. The van der Waals surface area contributed by atoms with Crippen molar-refractivity contribution in [3.8, 4) is 5.75 Å². The summed E-state index contributed by atoms with van der Waals surface area (Å²) in [5.74, 6) is 1.58. The number of pyridine rings is 1. The number of anilines is 1. The maximum Gasteiger partial charge on any atom is 0.253 e. The van der Waals surface area contributed by atoms with Gasteiger partial charge in [-0.3, -0.25) is 9.59 Å². The summed E-state index contributed by atoms with van der Waals surface area (Å²) in [5.41, 5.74) is 2.15. The molecule has 1 aromatic heterocycles. The van der Waals surface area contributed by atoms with Crippen LogP contribution in [0, 0.1) is 6.92 Å². The molecule has 3 heterocycles. The Bertz CT molecular complexity index is 1000. The van der Waals surface area contributed by atoms with Gasteiger partial charge in [-0.25, -0.2) is 4.98 Å². The van der Waals surface area contributed by atoms with Gasteiger partial charge in [-0.05, 0) is 69.7 Å². The number of nitrogens with zero attached hydrogens (tertiary/aromatic N) is 2. The summed E-state index contributed by atoms with van der Waals surface area (Å²) in [5, 5.41) is 6.26. The Hall–Kier alpha value is -3.09. The van der Waals surface area contributed by atoms with Crippen molar-refractivity contribution in [1.29, 1.82) is 0 Å². The van der Waals surface area contributed by atoms with Crippen LogP contribution in [0.25, 0.3) is 0 Å². The lowest BCUT2D eigenvalue weighted by Crippen LogP contribution is -2.50. The first-order valence-corrected chi connectivity index (χ1v) is 11.5. The van der Waals surface area contributed by atoms with Gasteiger partial charge in [-0.15, -0.1) is 0 Å². The zero-order chi connectivity index (χ0) is 22.2. The summed E-state index contributed by atoms with van der Waals surface area (Å²) in [4.78, 5) is 32.2. The summed E-state index contributed by atoms with van der Waals surface area (Å²) in [6.07, 6.45) is 7.83. The van der Waals surface area contributed by atoms with Crippen LogP contribution < -0.4 is 20.3 Å². The molecule has 1 aliphatic carbocycles. The monoisotopic (exact) mass is 434 g/mol. The van der Waals surface area contributed by atoms with Crippen molar-refractivity contribution in [2.24, 2.45) is 0 Å². The smallest absolute Gasteiger partial charge is 0.253 e. The number of rotatable bonds is 6. The van der Waals surface area contributed by atoms with Gasteiger partial charge in [0.15, 0.2) is 0 Å². The first-order valence-electron chi connectivity index (χ1n) is 11.5. The van der Waals surface area contributed by atoms with E-state index >= 15 is 0 Å². The first-order chi connectivity index (χ1) is 15.5. The summed E-state index contributed by atoms with van der Waals surface area (Å²) < 4.78 is 5.36. The van der Waals surface area contributed by atoms with Crippen molar-refractivity contribution in [3.63, 3.8) is 0 Å². The fourth-order valence-corrected chi connectivity index (χ4v) is 5.18. The zero-order valence-corrected chi connectivity index (χ0v) is 18.6. The lowest BCUT2D eigenvalue weighted by Gasteiger charge is -2.40. The summed E-state index contributed by atoms with van der Waals surface area (Å²) in [6.45, 7) is 1.92. The average Bonchev–Trinajstić information content (AvgIpc) is 3.57. The van der Waals surface area contributed by atoms with Crippen LogP contribution in [0.2, 0.25) is 0 Å². The fraction of sp³-hybridized carbons (Fsp3) is 0.480. The topological polar surface area (TPSA) is 83.6 Å². The number of hydrogen-bond donors (Lipinski definition) is 2. The van der Waals surface area contributed by atoms with Crippen molar-refractivity contribution >= 4 is 17.6 Å². The second-order valence-corrected chi connectivity index (χ2v) is 9.22. The molecule has 3 atom stereocenters. The molecular weight excluding hydrogens is 404 g/mol. The lowest BCUT2D eigenvalue weighted by molar-refractivity contribution is 0.0923. The molecule has 2 amide bonds. The van der Waals surface area contributed by atoms with Gasteiger partial charge in [0.25, 0.3) is 11.8 Å². The van der Waals surface area contributed by atoms with Crippen LogP contribution in [0.4, 0.5) is 5.82 Å². The van der Waals surface area contributed by atoms with Gasteiger partial charge in [0.2, 0.25) is 0 Å². The summed E-state index contributed by atoms with van der Waals surface area (Å²) in [7, 11) is 1.62. The lowest BCUT2D eigenvalue weighted by atomic mass is 9.96. The Morgan fingerprint density at radius 2 is 1.69 bits per heavy atom. The summed E-state index contributed by atoms with van der Waals surface area (Å²) >= 11 is 0. The Morgan fingerprint density at radius 3 is 2.31 bits per heavy atom. The number of piperidine rings is 1. The van der Waals surface area contributed by atoms with E-state index in [-0.39, 0.29) is 17.9 Å². The molecular formula is C25H30N4O3. The quantitative estimate of drug-likeness (QED) is 0.729. The molecule has 2 aliphatic heterocycles. The molecule has 1 aromatic carbocycles. The predicted molar refractivity (Wildman–Crippen MR) is 122 cm³/mol. The Kier molecular flexibility index (Phi) is 5.49. The number of hydrogen-bond acceptors (Lipinski definition) is 5. The molecule has 168 valence electrons. The van der Waals surface area contributed by atoms with Gasteiger partial charge in [-0.1, -0.05) is 6.07 Å². The molecule has 2 aromatic rings. The second-order valence-electron chi connectivity index (χ2n) is 9.22. The van der Waals surface area contributed by atoms with Crippen molar-refractivity contribution < 1.29 is 14.3 Å². The van der Waals surface area contributed by atoms with Crippen molar-refractivity contribution in [1.82, 2.24) is 15.6 Å². The van der Waals surface area contributed by atoms with Gasteiger partial charge in [0, 0.05) is 41.5 Å². The number of fused-ring (bicyclic) bond motifs is 2. The molecule has 2 saturated heterocycles. The molecule has 3 fully saturated rings. The number of carbonyl (C=O) groups excluding carboxylic acids is 2. The number of amides is 2. The molecule has 7 nitrogen and oxygen atoms in total. The van der Waals surface area contributed by atoms with Gasteiger partial charge < -0.3 is 20.3 Å². The third kappa shape index (κ3) is 4.04. The Labute approximate surface area is 188 Å². The number of nitrogens with one attached hydrogen (secondary N) is 2. The summed E-state index contributed by atoms with van der Waals surface area (Å²) in [6, 6.07) is 10.6. The molecule has 3 aliphatic rings. The van der Waals surface area contributed by atoms with Gasteiger partial charge >= 0.3 is 0 Å². The zero-order valence-electron chi connectivity index (χ0n) is 18.6. The van der Waals surface area contributed by atoms with Gasteiger partial charge in [0.1, 0.15) is 11.6 Å². The van der Waals surface area contributed by atoms with E-state index in [4.69, 9.17) is 4.74 Å².